The summed E-state index contributed by atoms with van der Waals surface area (Å²) in [4.78, 5) is 28.0. The fourth-order valence-electron chi connectivity index (χ4n) is 5.01. The minimum atomic E-state index is -0.477. The number of piperidine rings is 1. The Balaban J connectivity index is 1.62. The summed E-state index contributed by atoms with van der Waals surface area (Å²) in [5, 5.41) is 3.79. The van der Waals surface area contributed by atoms with Crippen LogP contribution in [0.3, 0.4) is 0 Å². The van der Waals surface area contributed by atoms with E-state index in [4.69, 9.17) is 16.3 Å². The van der Waals surface area contributed by atoms with Gasteiger partial charge in [-0.15, -0.1) is 0 Å². The van der Waals surface area contributed by atoms with Crippen molar-refractivity contribution in [2.24, 2.45) is 17.3 Å². The van der Waals surface area contributed by atoms with Gasteiger partial charge in [-0.1, -0.05) is 51.4 Å². The van der Waals surface area contributed by atoms with E-state index < -0.39 is 6.04 Å². The quantitative estimate of drug-likeness (QED) is 0.689. The van der Waals surface area contributed by atoms with Crippen molar-refractivity contribution < 1.29 is 14.3 Å². The summed E-state index contributed by atoms with van der Waals surface area (Å²) in [6, 6.07) is 7.59. The van der Waals surface area contributed by atoms with Crippen LogP contribution in [0.2, 0.25) is 5.02 Å². The van der Waals surface area contributed by atoms with E-state index in [2.05, 4.69) is 31.3 Å². The van der Waals surface area contributed by atoms with Gasteiger partial charge in [-0.3, -0.25) is 9.59 Å². The Morgan fingerprint density at radius 3 is 2.39 bits per heavy atom. The van der Waals surface area contributed by atoms with Gasteiger partial charge in [0.15, 0.2) is 0 Å². The lowest BCUT2D eigenvalue weighted by atomic mass is 9.70. The first-order valence-electron chi connectivity index (χ1n) is 11.6. The Kier molecular flexibility index (Phi) is 8.03. The summed E-state index contributed by atoms with van der Waals surface area (Å²) >= 11 is 6.06. The Morgan fingerprint density at radius 1 is 1.16 bits per heavy atom. The predicted octanol–water partition coefficient (Wildman–Crippen LogP) is 4.64. The van der Waals surface area contributed by atoms with Gasteiger partial charge < -0.3 is 15.0 Å². The van der Waals surface area contributed by atoms with Gasteiger partial charge in [-0.2, -0.15) is 0 Å². The fraction of sp³-hybridized carbons (Fsp3) is 0.680. The molecule has 2 saturated heterocycles. The van der Waals surface area contributed by atoms with E-state index in [9.17, 15) is 9.59 Å². The summed E-state index contributed by atoms with van der Waals surface area (Å²) in [7, 11) is 0. The van der Waals surface area contributed by atoms with Gasteiger partial charge in [-0.05, 0) is 60.1 Å². The summed E-state index contributed by atoms with van der Waals surface area (Å²) < 4.78 is 5.39. The first-order valence-corrected chi connectivity index (χ1v) is 12.0. The molecule has 5 nitrogen and oxygen atoms in total. The molecule has 1 aromatic carbocycles. The number of halogens is 1. The number of amides is 2. The van der Waals surface area contributed by atoms with Crippen molar-refractivity contribution in [1.82, 2.24) is 10.2 Å². The molecule has 2 amide bonds. The van der Waals surface area contributed by atoms with Crippen LogP contribution in [0.25, 0.3) is 0 Å². The summed E-state index contributed by atoms with van der Waals surface area (Å²) in [6.45, 7) is 11.3. The number of nitrogens with one attached hydrogen (secondary N) is 1. The highest BCUT2D eigenvalue weighted by molar-refractivity contribution is 6.30. The number of carbonyl (C=O) groups excluding carboxylic acids is 2. The molecule has 0 aliphatic carbocycles. The molecule has 3 rings (SSSR count). The first kappa shape index (κ1) is 24.1. The Bertz CT molecular complexity index is 757. The van der Waals surface area contributed by atoms with Crippen LogP contribution < -0.4 is 5.32 Å². The summed E-state index contributed by atoms with van der Waals surface area (Å²) in [5.74, 6) is 0.788. The van der Waals surface area contributed by atoms with E-state index in [-0.39, 0.29) is 23.1 Å². The van der Waals surface area contributed by atoms with Crippen LogP contribution >= 0.6 is 11.6 Å². The van der Waals surface area contributed by atoms with E-state index >= 15 is 0 Å². The van der Waals surface area contributed by atoms with Crippen molar-refractivity contribution in [3.63, 3.8) is 0 Å². The molecular formula is C25H37ClN2O3. The van der Waals surface area contributed by atoms with E-state index in [1.165, 1.54) is 5.56 Å². The number of hydrogen-bond donors (Lipinski definition) is 1. The van der Waals surface area contributed by atoms with Crippen LogP contribution in [-0.2, 0) is 14.3 Å². The van der Waals surface area contributed by atoms with Gasteiger partial charge in [0.25, 0.3) is 0 Å². The van der Waals surface area contributed by atoms with Gasteiger partial charge in [0.05, 0.1) is 0 Å². The molecule has 0 bridgehead atoms. The van der Waals surface area contributed by atoms with Gasteiger partial charge in [0.1, 0.15) is 6.04 Å². The number of nitrogens with zero attached hydrogens (tertiary/aromatic N) is 1. The van der Waals surface area contributed by atoms with E-state index in [1.54, 1.807) is 0 Å². The second kappa shape index (κ2) is 10.4. The lowest BCUT2D eigenvalue weighted by Gasteiger charge is -2.45. The highest BCUT2D eigenvalue weighted by Gasteiger charge is 2.40. The molecule has 1 N–H and O–H groups in total. The van der Waals surface area contributed by atoms with Crippen LogP contribution in [0, 0.1) is 17.3 Å². The van der Waals surface area contributed by atoms with Gasteiger partial charge >= 0.3 is 0 Å². The highest BCUT2D eigenvalue weighted by atomic mass is 35.5. The van der Waals surface area contributed by atoms with Crippen molar-refractivity contribution in [3.05, 3.63) is 34.9 Å². The van der Waals surface area contributed by atoms with E-state index in [0.29, 0.717) is 31.3 Å². The second-order valence-corrected chi connectivity index (χ2v) is 10.6. The summed E-state index contributed by atoms with van der Waals surface area (Å²) in [6.07, 6.45) is 3.21. The molecule has 2 heterocycles. The number of carbonyl (C=O) groups is 2. The molecule has 172 valence electrons. The molecular weight excluding hydrogens is 412 g/mol. The Hall–Kier alpha value is -1.59. The molecule has 0 spiro atoms. The Morgan fingerprint density at radius 2 is 1.81 bits per heavy atom. The van der Waals surface area contributed by atoms with Crippen molar-refractivity contribution in [2.45, 2.75) is 65.3 Å². The molecule has 0 saturated carbocycles. The lowest BCUT2D eigenvalue weighted by molar-refractivity contribution is -0.141. The molecule has 2 atom stereocenters. The number of rotatable bonds is 6. The zero-order valence-corrected chi connectivity index (χ0v) is 20.1. The molecule has 31 heavy (non-hydrogen) atoms. The minimum absolute atomic E-state index is 0.0192. The van der Waals surface area contributed by atoms with Gasteiger partial charge in [-0.25, -0.2) is 0 Å². The van der Waals surface area contributed by atoms with Crippen LogP contribution in [0.1, 0.15) is 64.9 Å². The SMILES string of the molecule is CC(C)[C@@H](NC(=O)CC1CCOCC1)C(=O)N1CCC(c2ccc(Cl)cc2)C(C)(C)C1. The zero-order chi connectivity index (χ0) is 22.6. The van der Waals surface area contributed by atoms with E-state index in [1.807, 2.05) is 30.9 Å². The maximum absolute atomic E-state index is 13.4. The largest absolute Gasteiger partial charge is 0.381 e. The third kappa shape index (κ3) is 6.23. The average molecular weight is 449 g/mol. The van der Waals surface area contributed by atoms with Crippen molar-refractivity contribution in [2.75, 3.05) is 26.3 Å². The zero-order valence-electron chi connectivity index (χ0n) is 19.3. The first-order chi connectivity index (χ1) is 14.7. The number of ether oxygens (including phenoxy) is 1. The minimum Gasteiger partial charge on any atom is -0.381 e. The number of hydrogen-bond acceptors (Lipinski definition) is 3. The topological polar surface area (TPSA) is 58.6 Å². The molecule has 0 radical (unpaired) electrons. The van der Waals surface area contributed by atoms with Crippen molar-refractivity contribution >= 4 is 23.4 Å². The highest BCUT2D eigenvalue weighted by Crippen LogP contribution is 2.42. The smallest absolute Gasteiger partial charge is 0.245 e. The number of benzene rings is 1. The Labute approximate surface area is 191 Å². The number of likely N-dealkylation sites (tertiary alicyclic amines) is 1. The molecule has 1 aromatic rings. The summed E-state index contributed by atoms with van der Waals surface area (Å²) in [5.41, 5.74) is 1.21. The molecule has 2 aliphatic heterocycles. The van der Waals surface area contributed by atoms with Crippen LogP contribution in [0.5, 0.6) is 0 Å². The van der Waals surface area contributed by atoms with Gasteiger partial charge in [0, 0.05) is 37.7 Å². The van der Waals surface area contributed by atoms with Gasteiger partial charge in [0.2, 0.25) is 11.8 Å². The van der Waals surface area contributed by atoms with Crippen molar-refractivity contribution in [1.29, 1.82) is 0 Å². The molecule has 2 fully saturated rings. The van der Waals surface area contributed by atoms with Crippen LogP contribution in [0.4, 0.5) is 0 Å². The average Bonchev–Trinajstić information content (AvgIpc) is 2.72. The molecule has 0 aromatic heterocycles. The second-order valence-electron chi connectivity index (χ2n) is 10.2. The molecule has 1 unspecified atom stereocenters. The molecule has 2 aliphatic rings. The normalized spacial score (nSPS) is 22.9. The monoisotopic (exact) mass is 448 g/mol. The third-order valence-corrected chi connectivity index (χ3v) is 7.13. The lowest BCUT2D eigenvalue weighted by Crippen LogP contribution is -2.56. The maximum Gasteiger partial charge on any atom is 0.245 e. The standard InChI is InChI=1S/C25H37ClN2O3/c1-17(2)23(27-22(29)15-18-10-13-31-14-11-18)24(30)28-12-9-21(25(3,4)16-28)19-5-7-20(26)8-6-19/h5-8,17-18,21,23H,9-16H2,1-4H3,(H,27,29)/t21?,23-/m1/s1. The maximum atomic E-state index is 13.4. The van der Waals surface area contributed by atoms with E-state index in [0.717, 1.165) is 37.5 Å². The van der Waals surface area contributed by atoms with Crippen LogP contribution in [0.15, 0.2) is 24.3 Å². The van der Waals surface area contributed by atoms with Crippen LogP contribution in [-0.4, -0.2) is 49.1 Å². The fourth-order valence-corrected chi connectivity index (χ4v) is 5.14. The third-order valence-electron chi connectivity index (χ3n) is 6.88. The molecule has 6 heteroatoms. The van der Waals surface area contributed by atoms with Crippen molar-refractivity contribution in [3.8, 4) is 0 Å². The predicted molar refractivity (Wildman–Crippen MR) is 124 cm³/mol.